The van der Waals surface area contributed by atoms with Gasteiger partial charge < -0.3 is 19.4 Å². The molecule has 1 saturated heterocycles. The van der Waals surface area contributed by atoms with E-state index in [4.69, 9.17) is 9.16 Å². The van der Waals surface area contributed by atoms with Gasteiger partial charge in [0, 0.05) is 5.41 Å². The number of fused-ring (bicyclic) bond motifs is 3. The van der Waals surface area contributed by atoms with Crippen molar-refractivity contribution < 1.29 is 19.4 Å². The van der Waals surface area contributed by atoms with E-state index in [0.29, 0.717) is 0 Å². The van der Waals surface area contributed by atoms with Crippen LogP contribution < -0.4 is 0 Å². The monoisotopic (exact) mass is 370 g/mol. The molecule has 146 valence electrons. The quantitative estimate of drug-likeness (QED) is 0.582. The molecule has 5 atom stereocenters. The number of rotatable bonds is 3. The van der Waals surface area contributed by atoms with Crippen LogP contribution in [0, 0.1) is 5.41 Å². The molecule has 0 bridgehead atoms. The predicted octanol–water partition coefficient (Wildman–Crippen LogP) is 4.00. The van der Waals surface area contributed by atoms with Gasteiger partial charge in [-0.25, -0.2) is 0 Å². The fraction of sp³-hybridized carbons (Fsp3) is 1.00. The smallest absolute Gasteiger partial charge is 0.192 e. The molecule has 0 amide bonds. The van der Waals surface area contributed by atoms with Gasteiger partial charge >= 0.3 is 0 Å². The molecule has 3 fully saturated rings. The molecule has 2 N–H and O–H groups in total. The number of ether oxygens (including phenoxy) is 1. The van der Waals surface area contributed by atoms with Crippen LogP contribution in [0.4, 0.5) is 0 Å². The highest BCUT2D eigenvalue weighted by Gasteiger charge is 2.79. The zero-order valence-electron chi connectivity index (χ0n) is 17.4. The predicted molar refractivity (Wildman–Crippen MR) is 102 cm³/mol. The summed E-state index contributed by atoms with van der Waals surface area (Å²) in [7, 11) is -1.91. The Hall–Kier alpha value is 0.0569. The third kappa shape index (κ3) is 2.60. The van der Waals surface area contributed by atoms with Crippen LogP contribution in [0.5, 0.6) is 0 Å². The van der Waals surface area contributed by atoms with Gasteiger partial charge in [0.1, 0.15) is 17.3 Å². The second kappa shape index (κ2) is 5.31. The van der Waals surface area contributed by atoms with Crippen LogP contribution in [-0.2, 0) is 9.16 Å². The average Bonchev–Trinajstić information content (AvgIpc) is 3.17. The van der Waals surface area contributed by atoms with Crippen molar-refractivity contribution in [2.45, 2.75) is 121 Å². The summed E-state index contributed by atoms with van der Waals surface area (Å²) in [6, 6.07) is 0. The lowest BCUT2D eigenvalue weighted by Crippen LogP contribution is -2.67. The van der Waals surface area contributed by atoms with E-state index in [2.05, 4.69) is 40.8 Å². The molecule has 1 heterocycles. The van der Waals surface area contributed by atoms with Crippen LogP contribution in [0.15, 0.2) is 0 Å². The van der Waals surface area contributed by atoms with Gasteiger partial charge in [0.15, 0.2) is 8.32 Å². The summed E-state index contributed by atoms with van der Waals surface area (Å²) in [5.74, 6) is 0. The number of aliphatic hydroxyl groups is 2. The Kier molecular flexibility index (Phi) is 4.21. The van der Waals surface area contributed by atoms with E-state index in [1.807, 2.05) is 13.8 Å². The highest BCUT2D eigenvalue weighted by atomic mass is 28.4. The molecule has 0 aromatic carbocycles. The normalized spacial score (nSPS) is 44.9. The Morgan fingerprint density at radius 2 is 1.68 bits per heavy atom. The topological polar surface area (TPSA) is 62.2 Å². The molecule has 0 radical (unpaired) electrons. The van der Waals surface area contributed by atoms with Gasteiger partial charge in [-0.15, -0.1) is 0 Å². The first-order valence-corrected chi connectivity index (χ1v) is 12.8. The van der Waals surface area contributed by atoms with Crippen LogP contribution in [0.3, 0.4) is 0 Å². The van der Waals surface area contributed by atoms with Crippen LogP contribution in [-0.4, -0.2) is 47.5 Å². The SMILES string of the molecule is CC(C)(O)[C@]12CC[C@@]3(C)[C@H](O[Si](C)(C)C(C)(C)C)CCC[C@]3(O)[C@H]1O2. The number of epoxide rings is 1. The maximum absolute atomic E-state index is 11.8. The first kappa shape index (κ1) is 19.8. The summed E-state index contributed by atoms with van der Waals surface area (Å²) >= 11 is 0. The van der Waals surface area contributed by atoms with Gasteiger partial charge in [0.2, 0.25) is 0 Å². The zero-order valence-corrected chi connectivity index (χ0v) is 18.4. The molecule has 25 heavy (non-hydrogen) atoms. The Balaban J connectivity index is 1.90. The van der Waals surface area contributed by atoms with Gasteiger partial charge in [0.25, 0.3) is 0 Å². The fourth-order valence-corrected chi connectivity index (χ4v) is 6.48. The lowest BCUT2D eigenvalue weighted by Gasteiger charge is -2.58. The van der Waals surface area contributed by atoms with Crippen molar-refractivity contribution in [2.75, 3.05) is 0 Å². The van der Waals surface area contributed by atoms with Crippen molar-refractivity contribution in [3.05, 3.63) is 0 Å². The van der Waals surface area contributed by atoms with Crippen molar-refractivity contribution in [3.8, 4) is 0 Å². The number of hydrogen-bond donors (Lipinski definition) is 2. The first-order chi connectivity index (χ1) is 11.1. The third-order valence-electron chi connectivity index (χ3n) is 8.15. The minimum Gasteiger partial charge on any atom is -0.413 e. The third-order valence-corrected chi connectivity index (χ3v) is 12.6. The summed E-state index contributed by atoms with van der Waals surface area (Å²) in [4.78, 5) is 0. The van der Waals surface area contributed by atoms with Gasteiger partial charge in [-0.05, 0) is 64.1 Å². The van der Waals surface area contributed by atoms with Crippen molar-refractivity contribution in [1.82, 2.24) is 0 Å². The van der Waals surface area contributed by atoms with Crippen molar-refractivity contribution in [3.63, 3.8) is 0 Å². The molecule has 2 aliphatic carbocycles. The highest BCUT2D eigenvalue weighted by Crippen LogP contribution is 2.67. The molecule has 3 aliphatic rings. The summed E-state index contributed by atoms with van der Waals surface area (Å²) in [6.45, 7) is 17.2. The van der Waals surface area contributed by atoms with E-state index in [-0.39, 0.29) is 22.7 Å². The fourth-order valence-electron chi connectivity index (χ4n) is 5.04. The highest BCUT2D eigenvalue weighted by molar-refractivity contribution is 6.74. The largest absolute Gasteiger partial charge is 0.413 e. The molecule has 2 saturated carbocycles. The molecule has 1 aliphatic heterocycles. The Labute approximate surface area is 154 Å². The van der Waals surface area contributed by atoms with Crippen LogP contribution in [0.2, 0.25) is 18.1 Å². The Bertz CT molecular complexity index is 549. The molecule has 0 unspecified atom stereocenters. The standard InChI is InChI=1S/C20H38O4Si/c1-16(2,3)25(7,8)24-14-10-9-11-19(22)15-20(23-15,17(4,5)21)13-12-18(14,19)6/h14-15,21-22H,9-13H2,1-8H3/t14-,15-,18+,19+,20+/m1/s1. The van der Waals surface area contributed by atoms with Crippen molar-refractivity contribution >= 4 is 8.32 Å². The summed E-state index contributed by atoms with van der Waals surface area (Å²) < 4.78 is 12.9. The summed E-state index contributed by atoms with van der Waals surface area (Å²) in [5, 5.41) is 22.5. The Morgan fingerprint density at radius 1 is 1.08 bits per heavy atom. The van der Waals surface area contributed by atoms with E-state index in [0.717, 1.165) is 32.1 Å². The molecular formula is C20H38O4Si. The van der Waals surface area contributed by atoms with Crippen molar-refractivity contribution in [2.24, 2.45) is 5.41 Å². The lowest BCUT2D eigenvalue weighted by atomic mass is 9.53. The minimum absolute atomic E-state index is 0.0659. The van der Waals surface area contributed by atoms with Gasteiger partial charge in [0.05, 0.1) is 11.7 Å². The van der Waals surface area contributed by atoms with E-state index in [1.165, 1.54) is 0 Å². The lowest BCUT2D eigenvalue weighted by molar-refractivity contribution is -0.186. The molecule has 3 rings (SSSR count). The summed E-state index contributed by atoms with van der Waals surface area (Å²) in [5.41, 5.74) is -2.73. The maximum Gasteiger partial charge on any atom is 0.192 e. The van der Waals surface area contributed by atoms with Crippen LogP contribution in [0.1, 0.15) is 73.6 Å². The van der Waals surface area contributed by atoms with Gasteiger partial charge in [-0.2, -0.15) is 0 Å². The van der Waals surface area contributed by atoms with E-state index < -0.39 is 25.1 Å². The van der Waals surface area contributed by atoms with E-state index in [1.54, 1.807) is 0 Å². The maximum atomic E-state index is 11.8. The summed E-state index contributed by atoms with van der Waals surface area (Å²) in [6.07, 6.45) is 4.12. The van der Waals surface area contributed by atoms with Gasteiger partial charge in [-0.1, -0.05) is 27.7 Å². The molecular weight excluding hydrogens is 332 g/mol. The molecule has 5 heteroatoms. The van der Waals surface area contributed by atoms with E-state index in [9.17, 15) is 10.2 Å². The Morgan fingerprint density at radius 3 is 2.20 bits per heavy atom. The molecule has 0 aromatic heterocycles. The second-order valence-corrected chi connectivity index (χ2v) is 15.8. The van der Waals surface area contributed by atoms with Gasteiger partial charge in [-0.3, -0.25) is 0 Å². The number of hydrogen-bond acceptors (Lipinski definition) is 4. The minimum atomic E-state index is -1.91. The first-order valence-electron chi connectivity index (χ1n) is 9.91. The zero-order chi connectivity index (χ0) is 19.1. The molecule has 0 aromatic rings. The van der Waals surface area contributed by atoms with Crippen LogP contribution >= 0.6 is 0 Å². The second-order valence-electron chi connectivity index (χ2n) is 11.0. The average molecular weight is 371 g/mol. The molecule has 0 spiro atoms. The van der Waals surface area contributed by atoms with E-state index >= 15 is 0 Å². The molecule has 4 nitrogen and oxygen atoms in total. The van der Waals surface area contributed by atoms with Crippen molar-refractivity contribution in [1.29, 1.82) is 0 Å². The van der Waals surface area contributed by atoms with Crippen LogP contribution in [0.25, 0.3) is 0 Å².